The lowest BCUT2D eigenvalue weighted by atomic mass is 9.84. The zero-order chi connectivity index (χ0) is 22.4. The van der Waals surface area contributed by atoms with Gasteiger partial charge in [0.05, 0.1) is 36.6 Å². The van der Waals surface area contributed by atoms with Gasteiger partial charge in [-0.05, 0) is 50.1 Å². The van der Waals surface area contributed by atoms with Gasteiger partial charge in [-0.3, -0.25) is 9.58 Å². The minimum Gasteiger partial charge on any atom is -0.389 e. The minimum absolute atomic E-state index is 0.107. The van der Waals surface area contributed by atoms with Gasteiger partial charge in [-0.1, -0.05) is 0 Å². The minimum atomic E-state index is -1.01. The van der Waals surface area contributed by atoms with E-state index >= 15 is 4.39 Å². The molecule has 9 heteroatoms. The first-order chi connectivity index (χ1) is 15.4. The molecule has 2 saturated heterocycles. The van der Waals surface area contributed by atoms with Gasteiger partial charge < -0.3 is 15.2 Å². The van der Waals surface area contributed by atoms with Crippen molar-refractivity contribution in [3.8, 4) is 0 Å². The van der Waals surface area contributed by atoms with Gasteiger partial charge in [0, 0.05) is 37.2 Å². The fraction of sp³-hybridized carbons (Fsp3) is 0.522. The van der Waals surface area contributed by atoms with Crippen molar-refractivity contribution in [2.45, 2.75) is 44.5 Å². The van der Waals surface area contributed by atoms with Crippen LogP contribution < -0.4 is 5.32 Å². The monoisotopic (exact) mass is 440 g/mol. The van der Waals surface area contributed by atoms with Crippen molar-refractivity contribution in [2.24, 2.45) is 7.05 Å². The molecule has 4 heterocycles. The molecule has 3 aromatic rings. The van der Waals surface area contributed by atoms with Crippen molar-refractivity contribution in [2.75, 3.05) is 31.6 Å². The SMILES string of the molecule is Cc1cc(Nc2ncc3cc(C)c(C4CCN([C@@H]5COCC5O)CC4F)cc3n2)n(C)n1. The number of fused-ring (bicyclic) bond motifs is 1. The maximum Gasteiger partial charge on any atom is 0.228 e. The van der Waals surface area contributed by atoms with Crippen LogP contribution >= 0.6 is 0 Å². The van der Waals surface area contributed by atoms with Crippen molar-refractivity contribution in [3.05, 3.63) is 41.2 Å². The quantitative estimate of drug-likeness (QED) is 0.645. The van der Waals surface area contributed by atoms with E-state index in [1.54, 1.807) is 10.9 Å². The Labute approximate surface area is 186 Å². The highest BCUT2D eigenvalue weighted by Gasteiger charge is 2.38. The van der Waals surface area contributed by atoms with Gasteiger partial charge in [0.2, 0.25) is 5.95 Å². The highest BCUT2D eigenvalue weighted by atomic mass is 19.1. The Morgan fingerprint density at radius 1 is 1.22 bits per heavy atom. The molecule has 0 aliphatic carbocycles. The second-order valence-electron chi connectivity index (χ2n) is 8.96. The summed E-state index contributed by atoms with van der Waals surface area (Å²) in [5, 5.41) is 18.6. The molecule has 32 heavy (non-hydrogen) atoms. The Morgan fingerprint density at radius 2 is 2.06 bits per heavy atom. The van der Waals surface area contributed by atoms with Crippen LogP contribution in [0, 0.1) is 13.8 Å². The molecule has 0 spiro atoms. The van der Waals surface area contributed by atoms with Gasteiger partial charge in [0.25, 0.3) is 0 Å². The van der Waals surface area contributed by atoms with E-state index in [2.05, 4.69) is 20.4 Å². The molecular weight excluding hydrogens is 411 g/mol. The van der Waals surface area contributed by atoms with Crippen LogP contribution in [0.15, 0.2) is 24.4 Å². The van der Waals surface area contributed by atoms with E-state index in [4.69, 9.17) is 4.74 Å². The number of aromatic nitrogens is 4. The average molecular weight is 441 g/mol. The van der Waals surface area contributed by atoms with Crippen LogP contribution in [0.4, 0.5) is 16.2 Å². The number of anilines is 2. The number of alkyl halides is 1. The molecule has 0 amide bonds. The van der Waals surface area contributed by atoms with E-state index in [9.17, 15) is 5.11 Å². The number of nitrogens with one attached hydrogen (secondary N) is 1. The molecule has 4 atom stereocenters. The number of piperidine rings is 1. The largest absolute Gasteiger partial charge is 0.389 e. The molecular formula is C23H29FN6O2. The van der Waals surface area contributed by atoms with Gasteiger partial charge in [0.15, 0.2) is 0 Å². The number of halogens is 1. The molecule has 2 aliphatic rings. The lowest BCUT2D eigenvalue weighted by molar-refractivity contribution is 0.0352. The number of hydrogen-bond donors (Lipinski definition) is 2. The van der Waals surface area contributed by atoms with Crippen molar-refractivity contribution in [1.29, 1.82) is 0 Å². The van der Waals surface area contributed by atoms with Crippen LogP contribution in [-0.4, -0.2) is 74.4 Å². The Bertz CT molecular complexity index is 1140. The standard InChI is InChI=1S/C23H29FN6O2/c1-13-6-15-9-25-23(27-22-7-14(2)28-29(22)3)26-19(15)8-17(13)16-4-5-30(10-18(16)24)20-11-32-12-21(20)31/h6-9,16,18,20-21,31H,4-5,10-12H2,1-3H3,(H,25,26,27)/t16?,18?,20-,21?/m1/s1. The smallest absolute Gasteiger partial charge is 0.228 e. The molecule has 170 valence electrons. The lowest BCUT2D eigenvalue weighted by Crippen LogP contribution is -2.50. The second-order valence-corrected chi connectivity index (χ2v) is 8.96. The summed E-state index contributed by atoms with van der Waals surface area (Å²) in [4.78, 5) is 11.2. The number of hydrogen-bond acceptors (Lipinski definition) is 7. The van der Waals surface area contributed by atoms with Crippen molar-refractivity contribution >= 4 is 22.7 Å². The fourth-order valence-corrected chi connectivity index (χ4v) is 4.97. The predicted octanol–water partition coefficient (Wildman–Crippen LogP) is 2.61. The van der Waals surface area contributed by atoms with Crippen LogP contribution in [0.3, 0.4) is 0 Å². The second kappa shape index (κ2) is 8.38. The van der Waals surface area contributed by atoms with Gasteiger partial charge in [-0.2, -0.15) is 5.10 Å². The summed E-state index contributed by atoms with van der Waals surface area (Å²) in [6.45, 7) is 5.80. The molecule has 1 aromatic carbocycles. The van der Waals surface area contributed by atoms with Gasteiger partial charge >= 0.3 is 0 Å². The van der Waals surface area contributed by atoms with Gasteiger partial charge in [0.1, 0.15) is 12.0 Å². The Morgan fingerprint density at radius 3 is 2.75 bits per heavy atom. The molecule has 0 radical (unpaired) electrons. The van der Waals surface area contributed by atoms with Gasteiger partial charge in [-0.25, -0.2) is 14.4 Å². The van der Waals surface area contributed by atoms with Gasteiger partial charge in [-0.15, -0.1) is 0 Å². The molecule has 0 saturated carbocycles. The molecule has 2 fully saturated rings. The summed E-state index contributed by atoms with van der Waals surface area (Å²) in [6, 6.07) is 5.87. The Kier molecular flexibility index (Phi) is 5.56. The summed E-state index contributed by atoms with van der Waals surface area (Å²) in [5.41, 5.74) is 3.74. The highest BCUT2D eigenvalue weighted by molar-refractivity contribution is 5.81. The zero-order valence-corrected chi connectivity index (χ0v) is 18.6. The van der Waals surface area contributed by atoms with E-state index in [1.165, 1.54) is 0 Å². The first kappa shape index (κ1) is 21.2. The summed E-state index contributed by atoms with van der Waals surface area (Å²) in [6.07, 6.45) is 0.944. The molecule has 2 aromatic heterocycles. The number of nitrogens with zero attached hydrogens (tertiary/aromatic N) is 5. The summed E-state index contributed by atoms with van der Waals surface area (Å²) in [7, 11) is 1.86. The number of likely N-dealkylation sites (tertiary alicyclic amines) is 1. The van der Waals surface area contributed by atoms with E-state index < -0.39 is 12.3 Å². The molecule has 2 N–H and O–H groups in total. The number of aryl methyl sites for hydroxylation is 3. The van der Waals surface area contributed by atoms with E-state index in [1.807, 2.05) is 44.0 Å². The topological polar surface area (TPSA) is 88.3 Å². The molecule has 3 unspecified atom stereocenters. The van der Waals surface area contributed by atoms with E-state index in [0.717, 1.165) is 40.1 Å². The molecule has 8 nitrogen and oxygen atoms in total. The zero-order valence-electron chi connectivity index (χ0n) is 18.6. The van der Waals surface area contributed by atoms with E-state index in [0.29, 0.717) is 32.1 Å². The van der Waals surface area contributed by atoms with Crippen LogP contribution in [0.5, 0.6) is 0 Å². The number of aliphatic hydroxyl groups is 1. The van der Waals surface area contributed by atoms with Crippen molar-refractivity contribution < 1.29 is 14.2 Å². The lowest BCUT2D eigenvalue weighted by Gasteiger charge is -2.39. The fourth-order valence-electron chi connectivity index (χ4n) is 4.97. The van der Waals surface area contributed by atoms with Crippen LogP contribution in [0.25, 0.3) is 10.9 Å². The first-order valence-electron chi connectivity index (χ1n) is 11.1. The van der Waals surface area contributed by atoms with Crippen LogP contribution in [-0.2, 0) is 11.8 Å². The Hall–Kier alpha value is -2.62. The Balaban J connectivity index is 1.39. The third kappa shape index (κ3) is 3.96. The molecule has 5 rings (SSSR count). The highest BCUT2D eigenvalue weighted by Crippen LogP contribution is 2.35. The number of benzene rings is 1. The number of aliphatic hydroxyl groups excluding tert-OH is 1. The maximum atomic E-state index is 15.3. The predicted molar refractivity (Wildman–Crippen MR) is 120 cm³/mol. The molecule has 0 bridgehead atoms. The van der Waals surface area contributed by atoms with Crippen molar-refractivity contribution in [1.82, 2.24) is 24.6 Å². The van der Waals surface area contributed by atoms with E-state index in [-0.39, 0.29) is 12.0 Å². The number of rotatable bonds is 4. The average Bonchev–Trinajstić information content (AvgIpc) is 3.32. The van der Waals surface area contributed by atoms with Crippen molar-refractivity contribution in [3.63, 3.8) is 0 Å². The normalized spacial score (nSPS) is 26.7. The van der Waals surface area contributed by atoms with Crippen LogP contribution in [0.2, 0.25) is 0 Å². The third-order valence-corrected chi connectivity index (χ3v) is 6.67. The third-order valence-electron chi connectivity index (χ3n) is 6.67. The molecule has 2 aliphatic heterocycles. The summed E-state index contributed by atoms with van der Waals surface area (Å²) >= 11 is 0. The summed E-state index contributed by atoms with van der Waals surface area (Å²) in [5.74, 6) is 1.10. The first-order valence-corrected chi connectivity index (χ1v) is 11.1. The number of ether oxygens (including phenoxy) is 1. The summed E-state index contributed by atoms with van der Waals surface area (Å²) < 4.78 is 22.4. The van der Waals surface area contributed by atoms with Crippen LogP contribution in [0.1, 0.15) is 29.2 Å². The maximum absolute atomic E-state index is 15.3.